The first-order valence-corrected chi connectivity index (χ1v) is 5.64. The number of nitrogens with zero attached hydrogens (tertiary/aromatic N) is 2. The highest BCUT2D eigenvalue weighted by Crippen LogP contribution is 2.09. The lowest BCUT2D eigenvalue weighted by Crippen LogP contribution is -2.05. The molecule has 0 saturated carbocycles. The number of hydrogen-bond donors (Lipinski definition) is 0. The summed E-state index contributed by atoms with van der Waals surface area (Å²) < 4.78 is 0. The lowest BCUT2D eigenvalue weighted by molar-refractivity contribution is 0.103. The van der Waals surface area contributed by atoms with Crippen molar-refractivity contribution in [2.24, 2.45) is 0 Å². The Balaban J connectivity index is 2.30. The van der Waals surface area contributed by atoms with Crippen molar-refractivity contribution in [3.63, 3.8) is 0 Å². The Morgan fingerprint density at radius 3 is 2.47 bits per heavy atom. The largest absolute Gasteiger partial charge is 0.287 e. The second-order valence-electron chi connectivity index (χ2n) is 3.87. The van der Waals surface area contributed by atoms with E-state index in [1.165, 1.54) is 5.56 Å². The second-order valence-corrected chi connectivity index (χ2v) is 3.87. The van der Waals surface area contributed by atoms with Gasteiger partial charge in [0.25, 0.3) is 0 Å². The molecular weight excluding hydrogens is 212 g/mol. The van der Waals surface area contributed by atoms with Crippen LogP contribution in [0.4, 0.5) is 0 Å². The highest BCUT2D eigenvalue weighted by Gasteiger charge is 2.10. The molecule has 0 bridgehead atoms. The summed E-state index contributed by atoms with van der Waals surface area (Å²) in [5.74, 6) is 0.555. The number of hydrogen-bond acceptors (Lipinski definition) is 3. The summed E-state index contributed by atoms with van der Waals surface area (Å²) in [7, 11) is 0. The summed E-state index contributed by atoms with van der Waals surface area (Å²) in [5.41, 5.74) is 2.34. The van der Waals surface area contributed by atoms with Crippen molar-refractivity contribution >= 4 is 5.78 Å². The van der Waals surface area contributed by atoms with Crippen molar-refractivity contribution in [2.45, 2.75) is 20.3 Å². The molecular formula is C14H14N2O. The maximum atomic E-state index is 12.1. The molecule has 3 nitrogen and oxygen atoms in total. The van der Waals surface area contributed by atoms with Crippen LogP contribution in [0.1, 0.15) is 34.4 Å². The zero-order valence-corrected chi connectivity index (χ0v) is 9.97. The van der Waals surface area contributed by atoms with Gasteiger partial charge in [0.1, 0.15) is 11.5 Å². The summed E-state index contributed by atoms with van der Waals surface area (Å²) in [5, 5.41) is 0. The molecule has 0 unspecified atom stereocenters. The van der Waals surface area contributed by atoms with E-state index in [0.717, 1.165) is 6.42 Å². The molecule has 17 heavy (non-hydrogen) atoms. The minimum absolute atomic E-state index is 0.0573. The maximum absolute atomic E-state index is 12.1. The average molecular weight is 226 g/mol. The lowest BCUT2D eigenvalue weighted by atomic mass is 10.0. The Hall–Kier alpha value is -2.03. The summed E-state index contributed by atoms with van der Waals surface area (Å²) >= 11 is 0. The van der Waals surface area contributed by atoms with Gasteiger partial charge in [-0.25, -0.2) is 9.97 Å². The van der Waals surface area contributed by atoms with Crippen molar-refractivity contribution in [3.05, 3.63) is 59.2 Å². The van der Waals surface area contributed by atoms with Gasteiger partial charge < -0.3 is 0 Å². The minimum Gasteiger partial charge on any atom is -0.287 e. The van der Waals surface area contributed by atoms with Crippen LogP contribution in [0.25, 0.3) is 0 Å². The highest BCUT2D eigenvalue weighted by molar-refractivity contribution is 6.07. The van der Waals surface area contributed by atoms with Crippen LogP contribution in [0.5, 0.6) is 0 Å². The molecule has 0 aliphatic rings. The Bertz CT molecular complexity index is 532. The fraction of sp³-hybridized carbons (Fsp3) is 0.214. The molecule has 0 aliphatic carbocycles. The van der Waals surface area contributed by atoms with E-state index < -0.39 is 0 Å². The normalized spacial score (nSPS) is 10.2. The third-order valence-corrected chi connectivity index (χ3v) is 2.63. The van der Waals surface area contributed by atoms with Gasteiger partial charge in [-0.2, -0.15) is 0 Å². The summed E-state index contributed by atoms with van der Waals surface area (Å²) in [6.07, 6.45) is 2.58. The molecule has 1 aromatic carbocycles. The Morgan fingerprint density at radius 2 is 1.88 bits per heavy atom. The number of aromatic nitrogens is 2. The molecule has 0 N–H and O–H groups in total. The van der Waals surface area contributed by atoms with Crippen LogP contribution in [0.3, 0.4) is 0 Å². The van der Waals surface area contributed by atoms with Crippen LogP contribution in [-0.4, -0.2) is 15.8 Å². The van der Waals surface area contributed by atoms with Crippen molar-refractivity contribution in [3.8, 4) is 0 Å². The summed E-state index contributed by atoms with van der Waals surface area (Å²) in [6.45, 7) is 3.86. The van der Waals surface area contributed by atoms with Gasteiger partial charge in [0, 0.05) is 11.8 Å². The van der Waals surface area contributed by atoms with E-state index in [0.29, 0.717) is 17.1 Å². The number of aryl methyl sites for hydroxylation is 2. The number of benzene rings is 1. The fourth-order valence-electron chi connectivity index (χ4n) is 1.62. The van der Waals surface area contributed by atoms with Gasteiger partial charge in [0.2, 0.25) is 5.78 Å². The lowest BCUT2D eigenvalue weighted by Gasteiger charge is -2.02. The fourth-order valence-corrected chi connectivity index (χ4v) is 1.62. The van der Waals surface area contributed by atoms with Crippen LogP contribution < -0.4 is 0 Å². The van der Waals surface area contributed by atoms with Gasteiger partial charge in [-0.15, -0.1) is 0 Å². The van der Waals surface area contributed by atoms with Crippen LogP contribution in [0, 0.1) is 6.92 Å². The molecule has 0 radical (unpaired) electrons. The van der Waals surface area contributed by atoms with Gasteiger partial charge in [0.15, 0.2) is 0 Å². The topological polar surface area (TPSA) is 42.9 Å². The van der Waals surface area contributed by atoms with Crippen molar-refractivity contribution in [2.75, 3.05) is 0 Å². The van der Waals surface area contributed by atoms with E-state index >= 15 is 0 Å². The molecule has 3 heteroatoms. The van der Waals surface area contributed by atoms with E-state index in [-0.39, 0.29) is 5.78 Å². The molecule has 0 saturated heterocycles. The van der Waals surface area contributed by atoms with Crippen LogP contribution in [0.2, 0.25) is 0 Å². The third-order valence-electron chi connectivity index (χ3n) is 2.63. The van der Waals surface area contributed by atoms with E-state index in [1.807, 2.05) is 24.3 Å². The van der Waals surface area contributed by atoms with Gasteiger partial charge in [-0.1, -0.05) is 31.2 Å². The summed E-state index contributed by atoms with van der Waals surface area (Å²) in [4.78, 5) is 20.2. The number of carbonyl (C=O) groups excluding carboxylic acids is 1. The molecule has 1 heterocycles. The average Bonchev–Trinajstić information content (AvgIpc) is 2.38. The standard InChI is InChI=1S/C14H14N2O/c1-3-11-4-6-12(7-5-11)14(17)13-8-9-15-10(2)16-13/h4-9H,3H2,1-2H3. The zero-order valence-electron chi connectivity index (χ0n) is 9.97. The van der Waals surface area contributed by atoms with E-state index in [1.54, 1.807) is 19.2 Å². The first kappa shape index (κ1) is 11.5. The maximum Gasteiger partial charge on any atom is 0.211 e. The van der Waals surface area contributed by atoms with Gasteiger partial charge >= 0.3 is 0 Å². The van der Waals surface area contributed by atoms with Crippen molar-refractivity contribution in [1.82, 2.24) is 9.97 Å². The van der Waals surface area contributed by atoms with E-state index in [2.05, 4.69) is 16.9 Å². The molecule has 0 fully saturated rings. The van der Waals surface area contributed by atoms with Crippen molar-refractivity contribution in [1.29, 1.82) is 0 Å². The van der Waals surface area contributed by atoms with Crippen LogP contribution in [-0.2, 0) is 6.42 Å². The van der Waals surface area contributed by atoms with E-state index in [4.69, 9.17) is 0 Å². The first-order valence-electron chi connectivity index (χ1n) is 5.64. The molecule has 0 aliphatic heterocycles. The Labute approximate surface area is 101 Å². The van der Waals surface area contributed by atoms with Gasteiger partial charge in [-0.05, 0) is 25.0 Å². The Morgan fingerprint density at radius 1 is 1.18 bits per heavy atom. The summed E-state index contributed by atoms with van der Waals surface area (Å²) in [6, 6.07) is 9.28. The monoisotopic (exact) mass is 226 g/mol. The molecule has 2 aromatic rings. The molecule has 1 aromatic heterocycles. The number of ketones is 1. The quantitative estimate of drug-likeness (QED) is 0.755. The second kappa shape index (κ2) is 4.87. The SMILES string of the molecule is CCc1ccc(C(=O)c2ccnc(C)n2)cc1. The predicted molar refractivity (Wildman–Crippen MR) is 66.0 cm³/mol. The van der Waals surface area contributed by atoms with E-state index in [9.17, 15) is 4.79 Å². The van der Waals surface area contributed by atoms with Gasteiger partial charge in [0.05, 0.1) is 0 Å². The van der Waals surface area contributed by atoms with Crippen molar-refractivity contribution < 1.29 is 4.79 Å². The molecule has 0 amide bonds. The third kappa shape index (κ3) is 2.56. The number of carbonyl (C=O) groups is 1. The highest BCUT2D eigenvalue weighted by atomic mass is 16.1. The predicted octanol–water partition coefficient (Wildman–Crippen LogP) is 2.58. The van der Waals surface area contributed by atoms with Crippen LogP contribution >= 0.6 is 0 Å². The van der Waals surface area contributed by atoms with Crippen LogP contribution in [0.15, 0.2) is 36.5 Å². The Kier molecular flexibility index (Phi) is 3.28. The van der Waals surface area contributed by atoms with Gasteiger partial charge in [-0.3, -0.25) is 4.79 Å². The molecule has 86 valence electrons. The molecule has 2 rings (SSSR count). The number of rotatable bonds is 3. The minimum atomic E-state index is -0.0573. The molecule has 0 atom stereocenters. The first-order chi connectivity index (χ1) is 8.20. The smallest absolute Gasteiger partial charge is 0.211 e. The molecule has 0 spiro atoms. The zero-order chi connectivity index (χ0) is 12.3.